The van der Waals surface area contributed by atoms with E-state index in [9.17, 15) is 9.18 Å². The highest BCUT2D eigenvalue weighted by molar-refractivity contribution is 9.10. The van der Waals surface area contributed by atoms with Crippen LogP contribution in [0.1, 0.15) is 24.8 Å². The van der Waals surface area contributed by atoms with Gasteiger partial charge in [-0.2, -0.15) is 0 Å². The van der Waals surface area contributed by atoms with E-state index in [2.05, 4.69) is 27.8 Å². The molecule has 0 aromatic heterocycles. The monoisotopic (exact) mass is 297 g/mol. The normalized spacial score (nSPS) is 17.1. The summed E-state index contributed by atoms with van der Waals surface area (Å²) in [6.45, 7) is 3.42. The van der Waals surface area contributed by atoms with Crippen LogP contribution in [0.3, 0.4) is 0 Å². The van der Waals surface area contributed by atoms with Crippen molar-refractivity contribution in [3.05, 3.63) is 46.7 Å². The van der Waals surface area contributed by atoms with Gasteiger partial charge in [-0.05, 0) is 37.5 Å². The number of amides is 1. The Hall–Kier alpha value is -1.16. The summed E-state index contributed by atoms with van der Waals surface area (Å²) in [4.78, 5) is 11.4. The van der Waals surface area contributed by atoms with Gasteiger partial charge in [-0.15, -0.1) is 0 Å². The molecule has 0 atom stereocenters. The predicted molar refractivity (Wildman–Crippen MR) is 68.0 cm³/mol. The quantitative estimate of drug-likeness (QED) is 0.853. The van der Waals surface area contributed by atoms with Crippen LogP contribution in [0.15, 0.2) is 35.3 Å². The van der Waals surface area contributed by atoms with Crippen LogP contribution in [-0.4, -0.2) is 5.91 Å². The minimum Gasteiger partial charge on any atom is -0.343 e. The van der Waals surface area contributed by atoms with Gasteiger partial charge in [0.15, 0.2) is 0 Å². The molecule has 2 rings (SSSR count). The van der Waals surface area contributed by atoms with Crippen LogP contribution < -0.4 is 5.32 Å². The third kappa shape index (κ3) is 2.27. The Morgan fingerprint density at radius 2 is 2.24 bits per heavy atom. The van der Waals surface area contributed by atoms with Gasteiger partial charge in [0.05, 0.1) is 5.54 Å². The van der Waals surface area contributed by atoms with E-state index in [0.29, 0.717) is 10.0 Å². The summed E-state index contributed by atoms with van der Waals surface area (Å²) in [5, 5.41) is 2.84. The molecule has 1 saturated carbocycles. The first-order chi connectivity index (χ1) is 8.07. The molecule has 0 unspecified atom stereocenters. The second kappa shape index (κ2) is 4.61. The molecule has 0 heterocycles. The Bertz CT molecular complexity index is 468. The lowest BCUT2D eigenvalue weighted by molar-refractivity contribution is -0.119. The van der Waals surface area contributed by atoms with Crippen molar-refractivity contribution in [3.8, 4) is 0 Å². The largest absolute Gasteiger partial charge is 0.343 e. The first-order valence-electron chi connectivity index (χ1n) is 5.47. The number of rotatable bonds is 3. The molecule has 0 saturated heterocycles. The van der Waals surface area contributed by atoms with Crippen LogP contribution in [0.2, 0.25) is 0 Å². The summed E-state index contributed by atoms with van der Waals surface area (Å²) in [5.74, 6) is -0.546. The van der Waals surface area contributed by atoms with Crippen molar-refractivity contribution in [1.82, 2.24) is 5.32 Å². The zero-order valence-corrected chi connectivity index (χ0v) is 10.9. The maximum Gasteiger partial charge on any atom is 0.244 e. The van der Waals surface area contributed by atoms with Crippen LogP contribution >= 0.6 is 15.9 Å². The predicted octanol–water partition coefficient (Wildman–Crippen LogP) is 3.27. The minimum absolute atomic E-state index is 0.257. The molecule has 2 nitrogen and oxygen atoms in total. The summed E-state index contributed by atoms with van der Waals surface area (Å²) in [5.41, 5.74) is 0.0120. The molecule has 0 bridgehead atoms. The lowest BCUT2D eigenvalue weighted by Gasteiger charge is -2.43. The standard InChI is InChI=1S/C13H13BrFNO/c1-2-12(17)16-13(6-3-7-13)10-5-4-9(14)8-11(10)15/h2,4-5,8H,1,3,6-7H2,(H,16,17). The topological polar surface area (TPSA) is 29.1 Å². The van der Waals surface area contributed by atoms with Gasteiger partial charge in [0, 0.05) is 10.0 Å². The van der Waals surface area contributed by atoms with Crippen LogP contribution in [0, 0.1) is 5.82 Å². The zero-order chi connectivity index (χ0) is 12.5. The molecule has 0 aliphatic heterocycles. The van der Waals surface area contributed by atoms with E-state index in [1.807, 2.05) is 0 Å². The first-order valence-corrected chi connectivity index (χ1v) is 6.27. The smallest absolute Gasteiger partial charge is 0.244 e. The highest BCUT2D eigenvalue weighted by Gasteiger charge is 2.41. The van der Waals surface area contributed by atoms with Gasteiger partial charge in [-0.3, -0.25) is 4.79 Å². The molecule has 1 fully saturated rings. The van der Waals surface area contributed by atoms with Crippen LogP contribution in [0.5, 0.6) is 0 Å². The van der Waals surface area contributed by atoms with Crippen LogP contribution in [0.25, 0.3) is 0 Å². The van der Waals surface area contributed by atoms with Crippen LogP contribution in [-0.2, 0) is 10.3 Å². The molecule has 0 spiro atoms. The van der Waals surface area contributed by atoms with Crippen molar-refractivity contribution in [2.75, 3.05) is 0 Å². The summed E-state index contributed by atoms with van der Waals surface area (Å²) in [7, 11) is 0. The van der Waals surface area contributed by atoms with E-state index in [4.69, 9.17) is 0 Å². The summed E-state index contributed by atoms with van der Waals surface area (Å²) >= 11 is 3.22. The summed E-state index contributed by atoms with van der Waals surface area (Å²) < 4.78 is 14.6. The fourth-order valence-corrected chi connectivity index (χ4v) is 2.49. The number of halogens is 2. The van der Waals surface area contributed by atoms with Crippen molar-refractivity contribution in [1.29, 1.82) is 0 Å². The van der Waals surface area contributed by atoms with E-state index in [-0.39, 0.29) is 11.7 Å². The van der Waals surface area contributed by atoms with E-state index in [1.165, 1.54) is 12.1 Å². The number of hydrogen-bond acceptors (Lipinski definition) is 1. The number of carbonyl (C=O) groups is 1. The maximum absolute atomic E-state index is 13.9. The average molecular weight is 298 g/mol. The fraction of sp³-hybridized carbons (Fsp3) is 0.308. The van der Waals surface area contributed by atoms with E-state index in [0.717, 1.165) is 19.3 Å². The molecule has 1 aliphatic carbocycles. The molecule has 90 valence electrons. The number of benzene rings is 1. The Kier molecular flexibility index (Phi) is 3.33. The first kappa shape index (κ1) is 12.3. The maximum atomic E-state index is 13.9. The lowest BCUT2D eigenvalue weighted by atomic mass is 9.71. The zero-order valence-electron chi connectivity index (χ0n) is 9.30. The van der Waals surface area contributed by atoms with Gasteiger partial charge in [0.1, 0.15) is 5.82 Å². The molecular formula is C13H13BrFNO. The fourth-order valence-electron chi connectivity index (χ4n) is 2.16. The molecule has 17 heavy (non-hydrogen) atoms. The Labute approximate surface area is 108 Å². The van der Waals surface area contributed by atoms with E-state index >= 15 is 0 Å². The third-order valence-electron chi connectivity index (χ3n) is 3.20. The highest BCUT2D eigenvalue weighted by atomic mass is 79.9. The molecule has 4 heteroatoms. The van der Waals surface area contributed by atoms with Gasteiger partial charge in [-0.25, -0.2) is 4.39 Å². The minimum atomic E-state index is -0.546. The highest BCUT2D eigenvalue weighted by Crippen LogP contribution is 2.42. The van der Waals surface area contributed by atoms with E-state index in [1.54, 1.807) is 12.1 Å². The Morgan fingerprint density at radius 1 is 1.53 bits per heavy atom. The molecule has 0 radical (unpaired) electrons. The second-order valence-corrected chi connectivity index (χ2v) is 5.17. The summed E-state index contributed by atoms with van der Waals surface area (Å²) in [6, 6.07) is 4.94. The molecule has 1 N–H and O–H groups in total. The molecule has 1 aromatic rings. The van der Waals surface area contributed by atoms with Crippen molar-refractivity contribution >= 4 is 21.8 Å². The molecular weight excluding hydrogens is 285 g/mol. The Morgan fingerprint density at radius 3 is 2.71 bits per heavy atom. The number of carbonyl (C=O) groups excluding carboxylic acids is 1. The second-order valence-electron chi connectivity index (χ2n) is 4.25. The van der Waals surface area contributed by atoms with Crippen molar-refractivity contribution in [3.63, 3.8) is 0 Å². The average Bonchev–Trinajstić information content (AvgIpc) is 2.24. The van der Waals surface area contributed by atoms with Crippen LogP contribution in [0.4, 0.5) is 4.39 Å². The molecule has 1 amide bonds. The van der Waals surface area contributed by atoms with Gasteiger partial charge in [0.2, 0.25) is 5.91 Å². The van der Waals surface area contributed by atoms with Gasteiger partial charge in [-0.1, -0.05) is 28.6 Å². The molecule has 1 aromatic carbocycles. The Balaban J connectivity index is 2.34. The molecule has 1 aliphatic rings. The van der Waals surface area contributed by atoms with Gasteiger partial charge in [0.25, 0.3) is 0 Å². The van der Waals surface area contributed by atoms with Gasteiger partial charge >= 0.3 is 0 Å². The number of nitrogens with one attached hydrogen (secondary N) is 1. The van der Waals surface area contributed by atoms with Crippen molar-refractivity contribution < 1.29 is 9.18 Å². The van der Waals surface area contributed by atoms with E-state index < -0.39 is 5.54 Å². The van der Waals surface area contributed by atoms with Crippen molar-refractivity contribution in [2.24, 2.45) is 0 Å². The third-order valence-corrected chi connectivity index (χ3v) is 3.69. The van der Waals surface area contributed by atoms with Crippen molar-refractivity contribution in [2.45, 2.75) is 24.8 Å². The van der Waals surface area contributed by atoms with Gasteiger partial charge < -0.3 is 5.32 Å². The summed E-state index contributed by atoms with van der Waals surface area (Å²) in [6.07, 6.45) is 3.75. The SMILES string of the molecule is C=CC(=O)NC1(c2ccc(Br)cc2F)CCC1. The lowest BCUT2D eigenvalue weighted by Crippen LogP contribution is -2.50. The number of hydrogen-bond donors (Lipinski definition) is 1.